The predicted molar refractivity (Wildman–Crippen MR) is 38.6 cm³/mol. The van der Waals surface area contributed by atoms with E-state index in [1.165, 1.54) is 0 Å². The van der Waals surface area contributed by atoms with Crippen molar-refractivity contribution in [3.63, 3.8) is 0 Å². The molecule has 0 N–H and O–H groups in total. The molecule has 10 heteroatoms. The predicted octanol–water partition coefficient (Wildman–Crippen LogP) is -0.207. The fourth-order valence-corrected chi connectivity index (χ4v) is 1.52. The van der Waals surface area contributed by atoms with E-state index in [0.717, 1.165) is 0 Å². The van der Waals surface area contributed by atoms with Crippen LogP contribution in [0.15, 0.2) is 22.4 Å². The molecule has 0 saturated carbocycles. The summed E-state index contributed by atoms with van der Waals surface area (Å²) in [6.07, 6.45) is 0.429. The second kappa shape index (κ2) is 3.20. The molecule has 0 unspecified atom stereocenters. The highest BCUT2D eigenvalue weighted by atomic mass is 32.3. The molecule has 0 aromatic carbocycles. The molecule has 0 radical (unpaired) electrons. The number of rotatable bonds is 2. The van der Waals surface area contributed by atoms with Crippen LogP contribution in [0.2, 0.25) is 0 Å². The molecule has 1 aromatic rings. The lowest BCUT2D eigenvalue weighted by molar-refractivity contribution is 0.541. The van der Waals surface area contributed by atoms with Crippen LogP contribution in [0.1, 0.15) is 0 Å². The molecule has 0 aliphatic carbocycles. The van der Waals surface area contributed by atoms with Crippen molar-refractivity contribution in [3.05, 3.63) is 12.4 Å². The van der Waals surface area contributed by atoms with Gasteiger partial charge < -0.3 is 0 Å². The molecule has 1 heterocycles. The van der Waals surface area contributed by atoms with Crippen LogP contribution in [0.25, 0.3) is 0 Å². The summed E-state index contributed by atoms with van der Waals surface area (Å²) < 4.78 is 65.5. The molecule has 14 heavy (non-hydrogen) atoms. The Morgan fingerprint density at radius 2 is 1.29 bits per heavy atom. The van der Waals surface area contributed by atoms with Gasteiger partial charge in [-0.2, -0.15) is 16.8 Å². The lowest BCUT2D eigenvalue weighted by Crippen LogP contribution is -2.02. The maximum atomic E-state index is 12.3. The zero-order valence-electron chi connectivity index (χ0n) is 6.25. The van der Waals surface area contributed by atoms with E-state index in [-0.39, 0.29) is 6.07 Å². The average Bonchev–Trinajstić information content (AvgIpc) is 2.01. The Kier molecular flexibility index (Phi) is 2.50. The molecular weight excluding hydrogens is 242 g/mol. The monoisotopic (exact) mass is 244 g/mol. The van der Waals surface area contributed by atoms with Crippen LogP contribution in [0.3, 0.4) is 0 Å². The zero-order valence-corrected chi connectivity index (χ0v) is 7.89. The number of halogens is 2. The normalized spacial score (nSPS) is 12.7. The van der Waals surface area contributed by atoms with Crippen LogP contribution in [0.5, 0.6) is 0 Å². The molecule has 0 aliphatic heterocycles. The Labute approximate surface area is 78.0 Å². The highest BCUT2D eigenvalue weighted by Gasteiger charge is 2.20. The first-order valence-electron chi connectivity index (χ1n) is 2.92. The molecule has 0 amide bonds. The number of nitrogens with zero attached hydrogens (tertiary/aromatic N) is 2. The van der Waals surface area contributed by atoms with E-state index in [2.05, 4.69) is 9.97 Å². The maximum Gasteiger partial charge on any atom is 0.349 e. The van der Waals surface area contributed by atoms with E-state index in [4.69, 9.17) is 0 Å². The van der Waals surface area contributed by atoms with E-state index in [9.17, 15) is 24.6 Å². The van der Waals surface area contributed by atoms with E-state index >= 15 is 0 Å². The largest absolute Gasteiger partial charge is 0.349 e. The van der Waals surface area contributed by atoms with Crippen molar-refractivity contribution in [1.82, 2.24) is 9.97 Å². The van der Waals surface area contributed by atoms with E-state index in [1.807, 2.05) is 0 Å². The highest BCUT2D eigenvalue weighted by molar-refractivity contribution is 7.87. The topological polar surface area (TPSA) is 94.1 Å². The van der Waals surface area contributed by atoms with Crippen molar-refractivity contribution in [3.8, 4) is 0 Å². The molecule has 0 aliphatic rings. The molecule has 0 bridgehead atoms. The van der Waals surface area contributed by atoms with Gasteiger partial charge in [0.25, 0.3) is 0 Å². The van der Waals surface area contributed by atoms with Gasteiger partial charge in [-0.25, -0.2) is 9.97 Å². The van der Waals surface area contributed by atoms with Gasteiger partial charge in [0.05, 0.1) is 0 Å². The number of hydrogen-bond donors (Lipinski definition) is 0. The second-order valence-corrected chi connectivity index (χ2v) is 4.66. The fraction of sp³-hybridized carbons (Fsp3) is 0. The third-order valence-electron chi connectivity index (χ3n) is 1.12. The molecule has 0 saturated heterocycles. The summed E-state index contributed by atoms with van der Waals surface area (Å²) >= 11 is 0. The lowest BCUT2D eigenvalue weighted by Gasteiger charge is -1.95. The van der Waals surface area contributed by atoms with Gasteiger partial charge in [0.15, 0.2) is 10.1 Å². The van der Waals surface area contributed by atoms with Crippen molar-refractivity contribution >= 4 is 20.4 Å². The standard InChI is InChI=1S/C4H2F2N2O4S2/c5-13(9,10)3-1-4(8-2-7-3)14(6,11)12/h1-2H. The van der Waals surface area contributed by atoms with Gasteiger partial charge in [0, 0.05) is 6.07 Å². The molecule has 0 atom stereocenters. The minimum absolute atomic E-state index is 0.185. The summed E-state index contributed by atoms with van der Waals surface area (Å²) in [6.45, 7) is 0. The molecular formula is C4H2F2N2O4S2. The quantitative estimate of drug-likeness (QED) is 0.528. The summed E-state index contributed by atoms with van der Waals surface area (Å²) in [6, 6.07) is 0.185. The summed E-state index contributed by atoms with van der Waals surface area (Å²) in [5, 5.41) is -2.41. The van der Waals surface area contributed by atoms with Crippen LogP contribution in [-0.2, 0) is 20.4 Å². The average molecular weight is 244 g/mol. The molecule has 1 rings (SSSR count). The van der Waals surface area contributed by atoms with Gasteiger partial charge in [-0.1, -0.05) is 7.77 Å². The van der Waals surface area contributed by atoms with Crippen LogP contribution in [0, 0.1) is 0 Å². The van der Waals surface area contributed by atoms with Gasteiger partial charge >= 0.3 is 20.4 Å². The van der Waals surface area contributed by atoms with Gasteiger partial charge in [-0.3, -0.25) is 0 Å². The molecule has 1 aromatic heterocycles. The Bertz CT molecular complexity index is 505. The van der Waals surface area contributed by atoms with Crippen molar-refractivity contribution in [2.75, 3.05) is 0 Å². The Balaban J connectivity index is 3.44. The second-order valence-electron chi connectivity index (χ2n) is 2.07. The summed E-state index contributed by atoms with van der Waals surface area (Å²) in [5.41, 5.74) is 0. The molecule has 0 fully saturated rings. The number of hydrogen-bond acceptors (Lipinski definition) is 6. The van der Waals surface area contributed by atoms with Crippen LogP contribution in [-0.4, -0.2) is 26.8 Å². The summed E-state index contributed by atoms with van der Waals surface area (Å²) in [4.78, 5) is 5.84. The van der Waals surface area contributed by atoms with E-state index in [0.29, 0.717) is 6.33 Å². The Morgan fingerprint density at radius 1 is 0.929 bits per heavy atom. The van der Waals surface area contributed by atoms with Crippen molar-refractivity contribution in [2.45, 2.75) is 10.1 Å². The minimum atomic E-state index is -5.17. The summed E-state index contributed by atoms with van der Waals surface area (Å²) in [7, 11) is -10.3. The molecule has 0 spiro atoms. The van der Waals surface area contributed by atoms with Crippen LogP contribution >= 0.6 is 0 Å². The maximum absolute atomic E-state index is 12.3. The SMILES string of the molecule is O=S(=O)(F)c1cc(S(=O)(=O)F)ncn1. The van der Waals surface area contributed by atoms with E-state index in [1.54, 1.807) is 0 Å². The third-order valence-corrected chi connectivity index (χ3v) is 2.56. The highest BCUT2D eigenvalue weighted by Crippen LogP contribution is 2.13. The van der Waals surface area contributed by atoms with Gasteiger partial charge in [-0.15, -0.1) is 0 Å². The van der Waals surface area contributed by atoms with Crippen LogP contribution in [0.4, 0.5) is 7.77 Å². The zero-order chi connectivity index (χ0) is 11.0. The lowest BCUT2D eigenvalue weighted by atomic mass is 10.7. The van der Waals surface area contributed by atoms with Gasteiger partial charge in [0.2, 0.25) is 0 Å². The summed E-state index contributed by atoms with van der Waals surface area (Å²) in [5.74, 6) is 0. The van der Waals surface area contributed by atoms with E-state index < -0.39 is 30.5 Å². The smallest absolute Gasteiger partial charge is 0.222 e. The molecule has 6 nitrogen and oxygen atoms in total. The first-order valence-corrected chi connectivity index (χ1v) is 5.69. The molecule has 78 valence electrons. The van der Waals surface area contributed by atoms with Gasteiger partial charge in [-0.05, 0) is 0 Å². The Morgan fingerprint density at radius 3 is 1.57 bits per heavy atom. The first-order chi connectivity index (χ1) is 6.21. The third kappa shape index (κ3) is 2.42. The minimum Gasteiger partial charge on any atom is -0.222 e. The van der Waals surface area contributed by atoms with Gasteiger partial charge in [0.1, 0.15) is 6.33 Å². The van der Waals surface area contributed by atoms with Crippen molar-refractivity contribution in [2.24, 2.45) is 0 Å². The van der Waals surface area contributed by atoms with Crippen molar-refractivity contribution < 1.29 is 24.6 Å². The first kappa shape index (κ1) is 10.9. The van der Waals surface area contributed by atoms with Crippen molar-refractivity contribution in [1.29, 1.82) is 0 Å². The Hall–Kier alpha value is -1.16. The van der Waals surface area contributed by atoms with Crippen LogP contribution < -0.4 is 0 Å². The number of aromatic nitrogens is 2. The fourth-order valence-electron chi connectivity index (χ4n) is 0.590.